The van der Waals surface area contributed by atoms with Crippen LogP contribution in [0.15, 0.2) is 16.6 Å². The first-order chi connectivity index (χ1) is 10.1. The largest absolute Gasteiger partial charge is 0.396 e. The fraction of sp³-hybridized carbons (Fsp3) is 0.533. The van der Waals surface area contributed by atoms with E-state index in [0.717, 1.165) is 47.5 Å². The molecule has 2 atom stereocenters. The molecule has 0 aliphatic carbocycles. The van der Waals surface area contributed by atoms with Gasteiger partial charge in [0.15, 0.2) is 0 Å². The van der Waals surface area contributed by atoms with Crippen molar-refractivity contribution in [2.45, 2.75) is 19.4 Å². The van der Waals surface area contributed by atoms with Crippen molar-refractivity contribution in [3.8, 4) is 0 Å². The zero-order chi connectivity index (χ0) is 15.0. The highest BCUT2D eigenvalue weighted by Crippen LogP contribution is 2.40. The number of nitrogens with zero attached hydrogens (tertiary/aromatic N) is 1. The third-order valence-electron chi connectivity index (χ3n) is 4.24. The maximum absolute atomic E-state index is 12.0. The summed E-state index contributed by atoms with van der Waals surface area (Å²) in [6.45, 7) is 4.78. The summed E-state index contributed by atoms with van der Waals surface area (Å²) in [7, 11) is 0. The minimum absolute atomic E-state index is 0.00515. The molecule has 1 amide bonds. The molecule has 2 aliphatic rings. The van der Waals surface area contributed by atoms with Crippen molar-refractivity contribution in [3.63, 3.8) is 0 Å². The van der Waals surface area contributed by atoms with Crippen LogP contribution in [0.1, 0.15) is 24.9 Å². The summed E-state index contributed by atoms with van der Waals surface area (Å²) >= 11 is 3.63. The van der Waals surface area contributed by atoms with Gasteiger partial charge in [-0.1, -0.05) is 6.92 Å². The first-order valence-corrected chi connectivity index (χ1v) is 8.16. The number of nitrogens with one attached hydrogen (secondary N) is 2. The molecule has 2 aliphatic heterocycles. The molecule has 1 fully saturated rings. The van der Waals surface area contributed by atoms with Gasteiger partial charge in [0, 0.05) is 41.3 Å². The van der Waals surface area contributed by atoms with Crippen LogP contribution in [-0.4, -0.2) is 37.3 Å². The minimum Gasteiger partial charge on any atom is -0.396 e. The number of hydrogen-bond acceptors (Lipinski definition) is 4. The van der Waals surface area contributed by atoms with Crippen molar-refractivity contribution in [2.24, 2.45) is 5.92 Å². The monoisotopic (exact) mass is 353 g/mol. The quantitative estimate of drug-likeness (QED) is 0.773. The molecule has 0 bridgehead atoms. The molecule has 1 saturated heterocycles. The average Bonchev–Trinajstić information content (AvgIpc) is 3.05. The zero-order valence-electron chi connectivity index (χ0n) is 12.0. The van der Waals surface area contributed by atoms with E-state index in [1.54, 1.807) is 0 Å². The smallest absolute Gasteiger partial charge is 0.246 e. The first kappa shape index (κ1) is 14.8. The number of hydrogen-bond donors (Lipinski definition) is 3. The lowest BCUT2D eigenvalue weighted by atomic mass is 10.1. The number of benzene rings is 1. The molecule has 6 heteroatoms. The standard InChI is InChI=1S/C15H20BrN3O2/c1-2-17-14-10-5-11(16)13(6-12(10)18-15(14)21)19-4-3-9(7-19)8-20/h5-6,9,14,17,20H,2-4,7-8H2,1H3,(H,18,21). The van der Waals surface area contributed by atoms with Crippen LogP contribution in [0, 0.1) is 5.92 Å². The van der Waals surface area contributed by atoms with E-state index < -0.39 is 0 Å². The molecule has 114 valence electrons. The highest BCUT2D eigenvalue weighted by Gasteiger charge is 2.32. The normalized spacial score (nSPS) is 24.3. The van der Waals surface area contributed by atoms with Crippen LogP contribution in [0.5, 0.6) is 0 Å². The number of aliphatic hydroxyl groups is 1. The number of fused-ring (bicyclic) bond motifs is 1. The molecule has 3 rings (SSSR count). The zero-order valence-corrected chi connectivity index (χ0v) is 13.6. The van der Waals surface area contributed by atoms with Gasteiger partial charge in [-0.2, -0.15) is 0 Å². The molecule has 0 radical (unpaired) electrons. The number of aliphatic hydroxyl groups excluding tert-OH is 1. The molecule has 3 N–H and O–H groups in total. The van der Waals surface area contributed by atoms with Crippen molar-refractivity contribution >= 4 is 33.2 Å². The summed E-state index contributed by atoms with van der Waals surface area (Å²) < 4.78 is 0.999. The molecular formula is C15H20BrN3O2. The van der Waals surface area contributed by atoms with Crippen LogP contribution >= 0.6 is 15.9 Å². The average molecular weight is 354 g/mol. The van der Waals surface area contributed by atoms with Gasteiger partial charge in [0.05, 0.1) is 5.69 Å². The van der Waals surface area contributed by atoms with Gasteiger partial charge >= 0.3 is 0 Å². The third kappa shape index (κ3) is 2.67. The molecular weight excluding hydrogens is 334 g/mol. The molecule has 2 unspecified atom stereocenters. The van der Waals surface area contributed by atoms with E-state index in [1.807, 2.05) is 19.1 Å². The van der Waals surface area contributed by atoms with Gasteiger partial charge in [-0.3, -0.25) is 4.79 Å². The molecule has 21 heavy (non-hydrogen) atoms. The molecule has 5 nitrogen and oxygen atoms in total. The third-order valence-corrected chi connectivity index (χ3v) is 4.88. The van der Waals surface area contributed by atoms with Gasteiger partial charge in [0.1, 0.15) is 6.04 Å². The lowest BCUT2D eigenvalue weighted by Crippen LogP contribution is -2.27. The number of rotatable bonds is 4. The second kappa shape index (κ2) is 5.94. The Hall–Kier alpha value is -1.11. The second-order valence-corrected chi connectivity index (χ2v) is 6.51. The summed E-state index contributed by atoms with van der Waals surface area (Å²) in [5.74, 6) is 0.347. The van der Waals surface area contributed by atoms with Crippen LogP contribution in [0.3, 0.4) is 0 Å². The van der Waals surface area contributed by atoms with E-state index in [4.69, 9.17) is 0 Å². The predicted octanol–water partition coefficient (Wildman–Crippen LogP) is 1.87. The van der Waals surface area contributed by atoms with Crippen LogP contribution in [0.25, 0.3) is 0 Å². The molecule has 0 spiro atoms. The number of amides is 1. The van der Waals surface area contributed by atoms with Crippen molar-refractivity contribution in [1.29, 1.82) is 0 Å². The van der Waals surface area contributed by atoms with E-state index >= 15 is 0 Å². The van der Waals surface area contributed by atoms with E-state index in [-0.39, 0.29) is 18.6 Å². The Bertz CT molecular complexity index is 564. The number of halogens is 1. The van der Waals surface area contributed by atoms with Gasteiger partial charge in [0.25, 0.3) is 0 Å². The van der Waals surface area contributed by atoms with Crippen molar-refractivity contribution < 1.29 is 9.90 Å². The molecule has 0 saturated carbocycles. The predicted molar refractivity (Wildman–Crippen MR) is 86.6 cm³/mol. The Balaban J connectivity index is 1.89. The fourth-order valence-electron chi connectivity index (χ4n) is 3.12. The maximum atomic E-state index is 12.0. The highest BCUT2D eigenvalue weighted by atomic mass is 79.9. The molecule has 2 heterocycles. The van der Waals surface area contributed by atoms with Crippen LogP contribution in [-0.2, 0) is 4.79 Å². The number of likely N-dealkylation sites (N-methyl/N-ethyl adjacent to an activating group) is 1. The number of anilines is 2. The maximum Gasteiger partial charge on any atom is 0.246 e. The van der Waals surface area contributed by atoms with Crippen LogP contribution in [0.4, 0.5) is 11.4 Å². The topological polar surface area (TPSA) is 64.6 Å². The SMILES string of the molecule is CCNC1C(=O)Nc2cc(N3CCC(CO)C3)c(Br)cc21. The number of carbonyl (C=O) groups is 1. The summed E-state index contributed by atoms with van der Waals surface area (Å²) in [4.78, 5) is 14.3. The molecule has 1 aromatic carbocycles. The van der Waals surface area contributed by atoms with Crippen LogP contribution < -0.4 is 15.5 Å². The van der Waals surface area contributed by atoms with Gasteiger partial charge in [-0.25, -0.2) is 0 Å². The van der Waals surface area contributed by atoms with E-state index in [9.17, 15) is 9.90 Å². The van der Waals surface area contributed by atoms with Gasteiger partial charge in [-0.05, 0) is 41.0 Å². The van der Waals surface area contributed by atoms with E-state index in [2.05, 4.69) is 31.5 Å². The Kier molecular flexibility index (Phi) is 4.19. The summed E-state index contributed by atoms with van der Waals surface area (Å²) in [5, 5.41) is 15.4. The number of carbonyl (C=O) groups excluding carboxylic acids is 1. The van der Waals surface area contributed by atoms with Gasteiger partial charge < -0.3 is 20.6 Å². The second-order valence-electron chi connectivity index (χ2n) is 5.65. The Morgan fingerprint density at radius 2 is 2.33 bits per heavy atom. The van der Waals surface area contributed by atoms with Gasteiger partial charge in [-0.15, -0.1) is 0 Å². The van der Waals surface area contributed by atoms with Crippen LogP contribution in [0.2, 0.25) is 0 Å². The molecule has 0 aromatic heterocycles. The lowest BCUT2D eigenvalue weighted by Gasteiger charge is -2.21. The summed E-state index contributed by atoms with van der Waals surface area (Å²) in [6.07, 6.45) is 1.01. The lowest BCUT2D eigenvalue weighted by molar-refractivity contribution is -0.117. The first-order valence-electron chi connectivity index (χ1n) is 7.37. The fourth-order valence-corrected chi connectivity index (χ4v) is 3.73. The Morgan fingerprint density at radius 1 is 1.52 bits per heavy atom. The Labute approximate surface area is 132 Å². The van der Waals surface area contributed by atoms with E-state index in [0.29, 0.717) is 5.92 Å². The highest BCUT2D eigenvalue weighted by molar-refractivity contribution is 9.10. The van der Waals surface area contributed by atoms with Crippen molar-refractivity contribution in [2.75, 3.05) is 36.5 Å². The van der Waals surface area contributed by atoms with Crippen molar-refractivity contribution in [3.05, 3.63) is 22.2 Å². The molecule has 1 aromatic rings. The summed E-state index contributed by atoms with van der Waals surface area (Å²) in [6, 6.07) is 3.80. The summed E-state index contributed by atoms with van der Waals surface area (Å²) in [5.41, 5.74) is 2.97. The van der Waals surface area contributed by atoms with Gasteiger partial charge in [0.2, 0.25) is 5.91 Å². The van der Waals surface area contributed by atoms with E-state index in [1.165, 1.54) is 0 Å². The van der Waals surface area contributed by atoms with Crippen molar-refractivity contribution in [1.82, 2.24) is 5.32 Å². The Morgan fingerprint density at radius 3 is 3.00 bits per heavy atom. The minimum atomic E-state index is -0.265.